The molecule has 3 saturated heterocycles. The van der Waals surface area contributed by atoms with E-state index < -0.39 is 0 Å². The van der Waals surface area contributed by atoms with Crippen LogP contribution in [0, 0.1) is 12.7 Å². The van der Waals surface area contributed by atoms with Crippen LogP contribution in [0.4, 0.5) is 4.39 Å². The standard InChI is InChI=1S/C19H25FN2O2/c1-12-8-13(2-5-17(12)20)14-9-15-3-4-16(10-14)22(15)19(23)18-11-21-6-7-24-18/h2,5,8,14-16,18,21H,3-4,6-7,9-11H2,1H3/t14?,15-,16+,18-/m0/s1. The minimum Gasteiger partial charge on any atom is -0.366 e. The lowest BCUT2D eigenvalue weighted by atomic mass is 9.84. The second-order valence-electron chi connectivity index (χ2n) is 7.37. The van der Waals surface area contributed by atoms with Gasteiger partial charge in [0.15, 0.2) is 0 Å². The summed E-state index contributed by atoms with van der Waals surface area (Å²) in [7, 11) is 0. The molecule has 3 aliphatic heterocycles. The molecule has 4 rings (SSSR count). The molecule has 0 aliphatic carbocycles. The van der Waals surface area contributed by atoms with E-state index >= 15 is 0 Å². The molecule has 1 aromatic carbocycles. The first-order valence-electron chi connectivity index (χ1n) is 9.04. The van der Waals surface area contributed by atoms with Gasteiger partial charge in [0.05, 0.1) is 6.61 Å². The molecule has 0 aromatic heterocycles. The summed E-state index contributed by atoms with van der Waals surface area (Å²) in [5, 5.41) is 3.24. The number of hydrogen-bond acceptors (Lipinski definition) is 3. The molecule has 4 nitrogen and oxygen atoms in total. The Kier molecular flexibility index (Phi) is 4.31. The maximum absolute atomic E-state index is 13.5. The number of rotatable bonds is 2. The molecule has 1 amide bonds. The van der Waals surface area contributed by atoms with Gasteiger partial charge < -0.3 is 15.0 Å². The number of carbonyl (C=O) groups is 1. The second kappa shape index (κ2) is 6.45. The maximum atomic E-state index is 13.5. The number of hydrogen-bond donors (Lipinski definition) is 1. The highest BCUT2D eigenvalue weighted by molar-refractivity contribution is 5.82. The number of carbonyl (C=O) groups excluding carboxylic acids is 1. The molecule has 4 atom stereocenters. The molecule has 0 radical (unpaired) electrons. The molecule has 1 aromatic rings. The van der Waals surface area contributed by atoms with Gasteiger partial charge in [-0.2, -0.15) is 0 Å². The number of benzene rings is 1. The third-order valence-electron chi connectivity index (χ3n) is 5.84. The van der Waals surface area contributed by atoms with E-state index in [4.69, 9.17) is 4.74 Å². The van der Waals surface area contributed by atoms with E-state index in [1.165, 1.54) is 5.56 Å². The molecule has 24 heavy (non-hydrogen) atoms. The van der Waals surface area contributed by atoms with Crippen LogP contribution >= 0.6 is 0 Å². The lowest BCUT2D eigenvalue weighted by Gasteiger charge is -2.41. The van der Waals surface area contributed by atoms with Gasteiger partial charge in [0.2, 0.25) is 0 Å². The fourth-order valence-electron chi connectivity index (χ4n) is 4.62. The Bertz CT molecular complexity index is 616. The van der Waals surface area contributed by atoms with E-state index in [-0.39, 0.29) is 17.8 Å². The number of fused-ring (bicyclic) bond motifs is 2. The van der Waals surface area contributed by atoms with Gasteiger partial charge in [-0.3, -0.25) is 4.79 Å². The first-order chi connectivity index (χ1) is 11.6. The minimum atomic E-state index is -0.327. The fourth-order valence-corrected chi connectivity index (χ4v) is 4.62. The average Bonchev–Trinajstić information content (AvgIpc) is 2.87. The Morgan fingerprint density at radius 2 is 2.04 bits per heavy atom. The van der Waals surface area contributed by atoms with Crippen LogP contribution in [0.15, 0.2) is 18.2 Å². The average molecular weight is 332 g/mol. The van der Waals surface area contributed by atoms with Crippen LogP contribution in [-0.4, -0.2) is 48.7 Å². The van der Waals surface area contributed by atoms with Gasteiger partial charge in [0.1, 0.15) is 11.9 Å². The van der Waals surface area contributed by atoms with Gasteiger partial charge in [0.25, 0.3) is 5.91 Å². The zero-order valence-electron chi connectivity index (χ0n) is 14.1. The van der Waals surface area contributed by atoms with Crippen molar-refractivity contribution in [2.24, 2.45) is 0 Å². The second-order valence-corrected chi connectivity index (χ2v) is 7.37. The van der Waals surface area contributed by atoms with Crippen molar-refractivity contribution < 1.29 is 13.9 Å². The van der Waals surface area contributed by atoms with Crippen molar-refractivity contribution in [3.05, 3.63) is 35.1 Å². The lowest BCUT2D eigenvalue weighted by Crippen LogP contribution is -2.54. The summed E-state index contributed by atoms with van der Waals surface area (Å²) >= 11 is 0. The number of aryl methyl sites for hydroxylation is 1. The minimum absolute atomic E-state index is 0.142. The highest BCUT2D eigenvalue weighted by Gasteiger charge is 2.45. The number of halogens is 1. The molecule has 3 fully saturated rings. The van der Waals surface area contributed by atoms with E-state index in [1.54, 1.807) is 6.07 Å². The van der Waals surface area contributed by atoms with Crippen LogP contribution in [0.25, 0.3) is 0 Å². The summed E-state index contributed by atoms with van der Waals surface area (Å²) in [5.74, 6) is 0.441. The van der Waals surface area contributed by atoms with Gasteiger partial charge in [-0.15, -0.1) is 0 Å². The smallest absolute Gasteiger partial charge is 0.253 e. The normalized spacial score (nSPS) is 32.8. The highest BCUT2D eigenvalue weighted by Crippen LogP contribution is 2.43. The number of nitrogens with one attached hydrogen (secondary N) is 1. The van der Waals surface area contributed by atoms with Crippen molar-refractivity contribution in [1.82, 2.24) is 10.2 Å². The van der Waals surface area contributed by atoms with E-state index in [2.05, 4.69) is 10.2 Å². The van der Waals surface area contributed by atoms with Crippen LogP contribution in [0.3, 0.4) is 0 Å². The van der Waals surface area contributed by atoms with Gasteiger partial charge in [0, 0.05) is 25.2 Å². The molecular weight excluding hydrogens is 307 g/mol. The van der Waals surface area contributed by atoms with Gasteiger partial charge in [-0.1, -0.05) is 12.1 Å². The molecule has 0 saturated carbocycles. The van der Waals surface area contributed by atoms with Crippen molar-refractivity contribution in [1.29, 1.82) is 0 Å². The number of piperidine rings is 1. The Balaban J connectivity index is 1.49. The molecule has 3 heterocycles. The topological polar surface area (TPSA) is 41.6 Å². The predicted octanol–water partition coefficient (Wildman–Crippen LogP) is 2.36. The number of amides is 1. The lowest BCUT2D eigenvalue weighted by molar-refractivity contribution is -0.150. The molecule has 130 valence electrons. The third kappa shape index (κ3) is 2.84. The van der Waals surface area contributed by atoms with Crippen molar-refractivity contribution in [2.75, 3.05) is 19.7 Å². The molecule has 1 N–H and O–H groups in total. The first kappa shape index (κ1) is 16.0. The monoisotopic (exact) mass is 332 g/mol. The van der Waals surface area contributed by atoms with E-state index in [9.17, 15) is 9.18 Å². The van der Waals surface area contributed by atoms with Crippen LogP contribution < -0.4 is 5.32 Å². The quantitative estimate of drug-likeness (QED) is 0.904. The van der Waals surface area contributed by atoms with Crippen molar-refractivity contribution in [3.8, 4) is 0 Å². The number of nitrogens with zero attached hydrogens (tertiary/aromatic N) is 1. The summed E-state index contributed by atoms with van der Waals surface area (Å²) in [6.07, 6.45) is 3.79. The maximum Gasteiger partial charge on any atom is 0.253 e. The highest BCUT2D eigenvalue weighted by atomic mass is 19.1. The summed E-state index contributed by atoms with van der Waals surface area (Å²) in [6, 6.07) is 6.07. The Morgan fingerprint density at radius 3 is 2.67 bits per heavy atom. The number of morpholine rings is 1. The molecule has 5 heteroatoms. The van der Waals surface area contributed by atoms with Crippen molar-refractivity contribution >= 4 is 5.91 Å². The summed E-state index contributed by atoms with van der Waals surface area (Å²) in [5.41, 5.74) is 1.92. The summed E-state index contributed by atoms with van der Waals surface area (Å²) in [4.78, 5) is 15.0. The first-order valence-corrected chi connectivity index (χ1v) is 9.04. The van der Waals surface area contributed by atoms with Crippen LogP contribution in [0.1, 0.15) is 42.7 Å². The summed E-state index contributed by atoms with van der Waals surface area (Å²) in [6.45, 7) is 3.87. The summed E-state index contributed by atoms with van der Waals surface area (Å²) < 4.78 is 19.2. The molecular formula is C19H25FN2O2. The van der Waals surface area contributed by atoms with Crippen LogP contribution in [-0.2, 0) is 9.53 Å². The molecule has 3 aliphatic rings. The predicted molar refractivity (Wildman–Crippen MR) is 89.4 cm³/mol. The molecule has 1 unspecified atom stereocenters. The van der Waals surface area contributed by atoms with Crippen molar-refractivity contribution in [2.45, 2.75) is 56.7 Å². The Labute approximate surface area is 142 Å². The third-order valence-corrected chi connectivity index (χ3v) is 5.84. The zero-order valence-corrected chi connectivity index (χ0v) is 14.1. The number of ether oxygens (including phenoxy) is 1. The van der Waals surface area contributed by atoms with Crippen LogP contribution in [0.2, 0.25) is 0 Å². The van der Waals surface area contributed by atoms with Crippen molar-refractivity contribution in [3.63, 3.8) is 0 Å². The Morgan fingerprint density at radius 1 is 1.29 bits per heavy atom. The van der Waals surface area contributed by atoms with E-state index in [1.807, 2.05) is 19.1 Å². The molecule has 2 bridgehead atoms. The fraction of sp³-hybridized carbons (Fsp3) is 0.632. The van der Waals surface area contributed by atoms with Gasteiger partial charge in [-0.25, -0.2) is 4.39 Å². The van der Waals surface area contributed by atoms with E-state index in [0.29, 0.717) is 36.7 Å². The van der Waals surface area contributed by atoms with Crippen LogP contribution in [0.5, 0.6) is 0 Å². The van der Waals surface area contributed by atoms with Gasteiger partial charge in [-0.05, 0) is 55.7 Å². The SMILES string of the molecule is Cc1cc(C2C[C@H]3CC[C@@H](C2)N3C(=O)[C@@H]2CNCCO2)ccc1F. The van der Waals surface area contributed by atoms with E-state index in [0.717, 1.165) is 32.2 Å². The Hall–Kier alpha value is -1.46. The largest absolute Gasteiger partial charge is 0.366 e. The zero-order chi connectivity index (χ0) is 16.7. The van der Waals surface area contributed by atoms with Gasteiger partial charge >= 0.3 is 0 Å². The molecule has 0 spiro atoms.